The Bertz CT molecular complexity index is 737. The molecule has 3 heterocycles. The van der Waals surface area contributed by atoms with Crippen molar-refractivity contribution in [2.45, 2.75) is 32.0 Å². The van der Waals surface area contributed by atoms with E-state index in [1.165, 1.54) is 12.8 Å². The van der Waals surface area contributed by atoms with Gasteiger partial charge in [-0.25, -0.2) is 9.97 Å². The number of likely N-dealkylation sites (tertiary alicyclic amines) is 1. The van der Waals surface area contributed by atoms with Crippen LogP contribution in [0.25, 0.3) is 11.5 Å². The van der Waals surface area contributed by atoms with E-state index in [-0.39, 0.29) is 0 Å². The van der Waals surface area contributed by atoms with E-state index in [1.54, 1.807) is 18.9 Å². The van der Waals surface area contributed by atoms with Crippen LogP contribution in [0.3, 0.4) is 0 Å². The number of nitrogens with zero attached hydrogens (tertiary/aromatic N) is 5. The monoisotopic (exact) mass is 309 g/mol. The van der Waals surface area contributed by atoms with E-state index in [2.05, 4.69) is 20.0 Å². The molecular formula is C17H19N5O. The molecule has 6 nitrogen and oxygen atoms in total. The Kier molecular flexibility index (Phi) is 3.90. The fraction of sp³-hybridized carbons (Fsp3) is 0.353. The third-order valence-corrected chi connectivity index (χ3v) is 4.30. The maximum atomic E-state index is 5.64. The highest BCUT2D eigenvalue weighted by Gasteiger charge is 2.26. The lowest BCUT2D eigenvalue weighted by atomic mass is 10.2. The number of oxazole rings is 1. The lowest BCUT2D eigenvalue weighted by Gasteiger charge is -2.23. The predicted molar refractivity (Wildman–Crippen MR) is 85.4 cm³/mol. The number of benzene rings is 1. The molecule has 23 heavy (non-hydrogen) atoms. The van der Waals surface area contributed by atoms with E-state index >= 15 is 0 Å². The second-order valence-corrected chi connectivity index (χ2v) is 5.89. The third-order valence-electron chi connectivity index (χ3n) is 4.30. The van der Waals surface area contributed by atoms with Crippen molar-refractivity contribution in [2.75, 3.05) is 6.54 Å². The standard InChI is InChI=1S/C17H19N5O/c1-2-5-14(6-3-1)17-20-15(11-23-17)9-21-8-4-7-16(21)10-22-13-18-12-19-22/h1-3,5-6,11-13,16H,4,7-10H2/t16-/m0/s1. The molecule has 0 unspecified atom stereocenters. The van der Waals surface area contributed by atoms with E-state index in [1.807, 2.05) is 35.0 Å². The second-order valence-electron chi connectivity index (χ2n) is 5.89. The van der Waals surface area contributed by atoms with Crippen LogP contribution in [-0.4, -0.2) is 37.2 Å². The van der Waals surface area contributed by atoms with Gasteiger partial charge in [0, 0.05) is 18.2 Å². The summed E-state index contributed by atoms with van der Waals surface area (Å²) in [5.74, 6) is 0.688. The maximum Gasteiger partial charge on any atom is 0.226 e. The summed E-state index contributed by atoms with van der Waals surface area (Å²) in [6, 6.07) is 10.5. The van der Waals surface area contributed by atoms with Crippen molar-refractivity contribution in [1.82, 2.24) is 24.6 Å². The molecule has 1 aromatic carbocycles. The molecule has 0 N–H and O–H groups in total. The molecule has 1 aliphatic rings. The molecule has 0 spiro atoms. The number of hydrogen-bond acceptors (Lipinski definition) is 5. The van der Waals surface area contributed by atoms with Crippen LogP contribution in [0.4, 0.5) is 0 Å². The first-order valence-corrected chi connectivity index (χ1v) is 7.95. The summed E-state index contributed by atoms with van der Waals surface area (Å²) < 4.78 is 7.54. The van der Waals surface area contributed by atoms with E-state index < -0.39 is 0 Å². The van der Waals surface area contributed by atoms with Crippen molar-refractivity contribution >= 4 is 0 Å². The van der Waals surface area contributed by atoms with E-state index in [0.717, 1.165) is 30.9 Å². The molecule has 0 bridgehead atoms. The van der Waals surface area contributed by atoms with Gasteiger partial charge < -0.3 is 4.42 Å². The van der Waals surface area contributed by atoms with Gasteiger partial charge in [-0.15, -0.1) is 0 Å². The van der Waals surface area contributed by atoms with Gasteiger partial charge in [-0.05, 0) is 31.5 Å². The van der Waals surface area contributed by atoms with Crippen molar-refractivity contribution in [3.05, 3.63) is 54.9 Å². The van der Waals surface area contributed by atoms with Gasteiger partial charge in [0.2, 0.25) is 5.89 Å². The highest BCUT2D eigenvalue weighted by Crippen LogP contribution is 2.23. The second kappa shape index (κ2) is 6.34. The quantitative estimate of drug-likeness (QED) is 0.725. The molecule has 3 aromatic rings. The van der Waals surface area contributed by atoms with Crippen LogP contribution in [0.15, 0.2) is 53.7 Å². The van der Waals surface area contributed by atoms with Crippen molar-refractivity contribution in [2.24, 2.45) is 0 Å². The molecule has 0 aliphatic carbocycles. The minimum absolute atomic E-state index is 0.480. The van der Waals surface area contributed by atoms with Gasteiger partial charge >= 0.3 is 0 Å². The van der Waals surface area contributed by atoms with E-state index in [0.29, 0.717) is 11.9 Å². The largest absolute Gasteiger partial charge is 0.444 e. The molecule has 1 aliphatic heterocycles. The summed E-state index contributed by atoms with van der Waals surface area (Å²) >= 11 is 0. The average molecular weight is 309 g/mol. The Labute approximate surface area is 134 Å². The first kappa shape index (κ1) is 14.1. The number of aromatic nitrogens is 4. The first-order valence-electron chi connectivity index (χ1n) is 7.95. The summed E-state index contributed by atoms with van der Waals surface area (Å²) in [7, 11) is 0. The van der Waals surface area contributed by atoms with Crippen LogP contribution >= 0.6 is 0 Å². The number of rotatable bonds is 5. The van der Waals surface area contributed by atoms with Gasteiger partial charge in [-0.3, -0.25) is 9.58 Å². The highest BCUT2D eigenvalue weighted by molar-refractivity contribution is 5.52. The smallest absolute Gasteiger partial charge is 0.226 e. The average Bonchev–Trinajstić information content (AvgIpc) is 3.33. The molecule has 1 atom stereocenters. The molecular weight excluding hydrogens is 290 g/mol. The molecule has 2 aromatic heterocycles. The van der Waals surface area contributed by atoms with Gasteiger partial charge in [-0.1, -0.05) is 18.2 Å². The van der Waals surface area contributed by atoms with Gasteiger partial charge in [0.15, 0.2) is 0 Å². The Morgan fingerprint density at radius 3 is 2.96 bits per heavy atom. The van der Waals surface area contributed by atoms with Crippen LogP contribution in [0, 0.1) is 0 Å². The Morgan fingerprint density at radius 1 is 1.22 bits per heavy atom. The fourth-order valence-corrected chi connectivity index (χ4v) is 3.15. The van der Waals surface area contributed by atoms with Crippen LogP contribution in [-0.2, 0) is 13.1 Å². The highest BCUT2D eigenvalue weighted by atomic mass is 16.3. The first-order chi connectivity index (χ1) is 11.4. The Morgan fingerprint density at radius 2 is 2.13 bits per heavy atom. The van der Waals surface area contributed by atoms with Crippen LogP contribution in [0.5, 0.6) is 0 Å². The normalized spacial score (nSPS) is 18.5. The molecule has 1 fully saturated rings. The summed E-state index contributed by atoms with van der Waals surface area (Å²) in [5.41, 5.74) is 1.99. The SMILES string of the molecule is c1ccc(-c2nc(CN3CCC[C@H]3Cn3cncn3)co2)cc1. The zero-order chi connectivity index (χ0) is 15.5. The summed E-state index contributed by atoms with van der Waals surface area (Å²) in [6.45, 7) is 2.78. The molecule has 6 heteroatoms. The van der Waals surface area contributed by atoms with Crippen LogP contribution in [0.1, 0.15) is 18.5 Å². The van der Waals surface area contributed by atoms with Crippen LogP contribution < -0.4 is 0 Å². The molecule has 0 saturated carbocycles. The maximum absolute atomic E-state index is 5.64. The lowest BCUT2D eigenvalue weighted by molar-refractivity contribution is 0.216. The molecule has 118 valence electrons. The summed E-state index contributed by atoms with van der Waals surface area (Å²) in [6.07, 6.45) is 7.53. The van der Waals surface area contributed by atoms with Crippen molar-refractivity contribution in [3.8, 4) is 11.5 Å². The zero-order valence-corrected chi connectivity index (χ0v) is 12.9. The molecule has 4 rings (SSSR count). The molecule has 0 radical (unpaired) electrons. The zero-order valence-electron chi connectivity index (χ0n) is 12.9. The van der Waals surface area contributed by atoms with E-state index in [4.69, 9.17) is 4.42 Å². The third kappa shape index (κ3) is 3.17. The predicted octanol–water partition coefficient (Wildman–Crippen LogP) is 2.60. The van der Waals surface area contributed by atoms with Gasteiger partial charge in [0.1, 0.15) is 18.9 Å². The van der Waals surface area contributed by atoms with Crippen molar-refractivity contribution in [3.63, 3.8) is 0 Å². The van der Waals surface area contributed by atoms with Crippen LogP contribution in [0.2, 0.25) is 0 Å². The summed E-state index contributed by atoms with van der Waals surface area (Å²) in [4.78, 5) is 11.1. The Hall–Kier alpha value is -2.47. The minimum atomic E-state index is 0.480. The molecule has 1 saturated heterocycles. The van der Waals surface area contributed by atoms with Crippen molar-refractivity contribution in [1.29, 1.82) is 0 Å². The van der Waals surface area contributed by atoms with Gasteiger partial charge in [0.05, 0.1) is 12.2 Å². The van der Waals surface area contributed by atoms with E-state index in [9.17, 15) is 0 Å². The van der Waals surface area contributed by atoms with Crippen molar-refractivity contribution < 1.29 is 4.42 Å². The lowest BCUT2D eigenvalue weighted by Crippen LogP contribution is -2.32. The van der Waals surface area contributed by atoms with Gasteiger partial charge in [-0.2, -0.15) is 5.10 Å². The summed E-state index contributed by atoms with van der Waals surface area (Å²) in [5, 5.41) is 4.21. The Balaban J connectivity index is 1.44. The number of hydrogen-bond donors (Lipinski definition) is 0. The van der Waals surface area contributed by atoms with Gasteiger partial charge in [0.25, 0.3) is 0 Å². The fourth-order valence-electron chi connectivity index (χ4n) is 3.15. The topological polar surface area (TPSA) is 60.0 Å². The molecule has 0 amide bonds. The minimum Gasteiger partial charge on any atom is -0.444 e.